The Hall–Kier alpha value is -5.08. The number of nitro benzene ring substituents is 1. The average molecular weight is 645 g/mol. The molecule has 1 aliphatic heterocycles. The number of amides is 5. The second-order valence-corrected chi connectivity index (χ2v) is 10.3. The van der Waals surface area contributed by atoms with Crippen LogP contribution in [0.4, 0.5) is 26.7 Å². The van der Waals surface area contributed by atoms with Crippen LogP contribution in [0, 0.1) is 10.1 Å². The van der Waals surface area contributed by atoms with E-state index in [2.05, 4.69) is 16.0 Å². The Labute approximate surface area is 260 Å². The minimum Gasteiger partial charge on any atom is -0.497 e. The van der Waals surface area contributed by atoms with Crippen molar-refractivity contribution in [1.82, 2.24) is 15.1 Å². The van der Waals surface area contributed by atoms with Crippen molar-refractivity contribution in [2.24, 2.45) is 0 Å². The number of aliphatic carboxylic acids is 1. The van der Waals surface area contributed by atoms with Crippen molar-refractivity contribution in [3.63, 3.8) is 0 Å². The highest BCUT2D eigenvalue weighted by molar-refractivity contribution is 6.42. The van der Waals surface area contributed by atoms with Crippen LogP contribution < -0.4 is 20.7 Å². The molecule has 3 aromatic rings. The summed E-state index contributed by atoms with van der Waals surface area (Å²) in [6, 6.07) is 13.2. The molecule has 2 unspecified atom stereocenters. The number of nitro groups is 1. The number of ether oxygens (including phenoxy) is 1. The summed E-state index contributed by atoms with van der Waals surface area (Å²) in [6.07, 6.45) is -2.17. The number of rotatable bonds is 9. The van der Waals surface area contributed by atoms with Crippen molar-refractivity contribution >= 4 is 64.2 Å². The highest BCUT2D eigenvalue weighted by Gasteiger charge is 2.43. The number of urea groups is 2. The van der Waals surface area contributed by atoms with Gasteiger partial charge in [0, 0.05) is 36.6 Å². The summed E-state index contributed by atoms with van der Waals surface area (Å²) >= 11 is 12.0. The lowest BCUT2D eigenvalue weighted by molar-refractivity contribution is -0.384. The van der Waals surface area contributed by atoms with Crippen LogP contribution in [0.5, 0.6) is 5.75 Å². The number of carboxylic acids is 1. The third kappa shape index (κ3) is 7.65. The van der Waals surface area contributed by atoms with Gasteiger partial charge in [-0.15, -0.1) is 0 Å². The van der Waals surface area contributed by atoms with E-state index >= 15 is 0 Å². The van der Waals surface area contributed by atoms with Crippen molar-refractivity contribution in [1.29, 1.82) is 0 Å². The maximum atomic E-state index is 13.8. The number of hydrogen-bond acceptors (Lipinski definition) is 7. The Balaban J connectivity index is 1.63. The van der Waals surface area contributed by atoms with E-state index in [1.807, 2.05) is 0 Å². The predicted molar refractivity (Wildman–Crippen MR) is 161 cm³/mol. The molecule has 0 radical (unpaired) electrons. The Morgan fingerprint density at radius 3 is 2.14 bits per heavy atom. The number of carbonyl (C=O) groups excluding carboxylic acids is 3. The number of carbonyl (C=O) groups is 4. The minimum atomic E-state index is -1.54. The van der Waals surface area contributed by atoms with Gasteiger partial charge in [0.15, 0.2) is 6.17 Å². The second kappa shape index (κ2) is 13.9. The maximum Gasteiger partial charge on any atom is 0.323 e. The largest absolute Gasteiger partial charge is 0.497 e. The quantitative estimate of drug-likeness (QED) is 0.186. The van der Waals surface area contributed by atoms with Crippen molar-refractivity contribution in [2.75, 3.05) is 30.8 Å². The highest BCUT2D eigenvalue weighted by atomic mass is 35.5. The van der Waals surface area contributed by atoms with Gasteiger partial charge < -0.3 is 25.8 Å². The molecule has 1 aliphatic rings. The molecule has 0 aliphatic carbocycles. The lowest BCUT2D eigenvalue weighted by Crippen LogP contribution is -2.56. The first kappa shape index (κ1) is 31.8. The Kier molecular flexibility index (Phi) is 10.1. The number of nitrogens with one attached hydrogen (secondary N) is 3. The van der Waals surface area contributed by atoms with Gasteiger partial charge in [-0.05, 0) is 48.0 Å². The standard InChI is InChI=1S/C28H26Cl2N6O8/c1-44-20-8-5-17(6-9-20)31-27(40)34-11-12-35(28(41)32-18-7-10-21(29)22(30)14-18)26(34)25(39)33-23(15-24(37)38)16-3-2-4-19(13-16)36(42)43/h2-10,13-14,23,26H,11-12,15H2,1H3,(H,31,40)(H,32,41)(H,33,39)(H,37,38). The van der Waals surface area contributed by atoms with Crippen LogP contribution >= 0.6 is 23.2 Å². The summed E-state index contributed by atoms with van der Waals surface area (Å²) in [7, 11) is 1.49. The molecule has 3 aromatic carbocycles. The van der Waals surface area contributed by atoms with E-state index < -0.39 is 47.5 Å². The normalized spacial score (nSPS) is 14.8. The zero-order chi connectivity index (χ0) is 32.0. The SMILES string of the molecule is COc1ccc(NC(=O)N2CCN(C(=O)Nc3ccc(Cl)c(Cl)c3)C2C(=O)NC(CC(=O)O)c2cccc([N+](=O)[O-])c2)cc1. The van der Waals surface area contributed by atoms with E-state index in [1.165, 1.54) is 43.5 Å². The van der Waals surface area contributed by atoms with Crippen LogP contribution in [-0.4, -0.2) is 70.1 Å². The Morgan fingerprint density at radius 2 is 1.57 bits per heavy atom. The molecule has 1 heterocycles. The molecule has 4 N–H and O–H groups in total. The molecule has 2 atom stereocenters. The van der Waals surface area contributed by atoms with Gasteiger partial charge in [0.25, 0.3) is 11.6 Å². The van der Waals surface area contributed by atoms with Crippen molar-refractivity contribution in [3.8, 4) is 5.75 Å². The van der Waals surface area contributed by atoms with E-state index in [0.717, 1.165) is 15.9 Å². The van der Waals surface area contributed by atoms with Gasteiger partial charge >= 0.3 is 18.0 Å². The second-order valence-electron chi connectivity index (χ2n) is 9.49. The molecule has 4 rings (SSSR count). The number of nitrogens with zero attached hydrogens (tertiary/aromatic N) is 3. The topological polar surface area (TPSA) is 183 Å². The molecular weight excluding hydrogens is 619 g/mol. The smallest absolute Gasteiger partial charge is 0.323 e. The molecule has 5 amide bonds. The van der Waals surface area contributed by atoms with E-state index in [0.29, 0.717) is 11.4 Å². The van der Waals surface area contributed by atoms with Crippen LogP contribution in [-0.2, 0) is 9.59 Å². The molecule has 0 saturated carbocycles. The fourth-order valence-corrected chi connectivity index (χ4v) is 4.80. The van der Waals surface area contributed by atoms with Gasteiger partial charge in [-0.25, -0.2) is 9.59 Å². The predicted octanol–water partition coefficient (Wildman–Crippen LogP) is 4.95. The number of hydrogen-bond donors (Lipinski definition) is 4. The summed E-state index contributed by atoms with van der Waals surface area (Å²) in [5.74, 6) is -1.64. The molecule has 0 bridgehead atoms. The Morgan fingerprint density at radius 1 is 0.955 bits per heavy atom. The molecular formula is C28H26Cl2N6O8. The molecule has 1 saturated heterocycles. The number of non-ortho nitro benzene ring substituents is 1. The fourth-order valence-electron chi connectivity index (χ4n) is 4.50. The summed E-state index contributed by atoms with van der Waals surface area (Å²) in [4.78, 5) is 65.2. The lowest BCUT2D eigenvalue weighted by atomic mass is 10.0. The summed E-state index contributed by atoms with van der Waals surface area (Å²) in [6.45, 7) is -0.128. The average Bonchev–Trinajstić information content (AvgIpc) is 3.45. The van der Waals surface area contributed by atoms with E-state index in [1.54, 1.807) is 24.3 Å². The number of anilines is 2. The van der Waals surface area contributed by atoms with Crippen LogP contribution in [0.15, 0.2) is 66.7 Å². The van der Waals surface area contributed by atoms with Crippen molar-refractivity contribution in [3.05, 3.63) is 92.5 Å². The third-order valence-electron chi connectivity index (χ3n) is 6.62. The van der Waals surface area contributed by atoms with Crippen LogP contribution in [0.2, 0.25) is 10.0 Å². The summed E-state index contributed by atoms with van der Waals surface area (Å²) < 4.78 is 5.13. The van der Waals surface area contributed by atoms with Crippen molar-refractivity contribution in [2.45, 2.75) is 18.6 Å². The van der Waals surface area contributed by atoms with Crippen LogP contribution in [0.1, 0.15) is 18.0 Å². The lowest BCUT2D eigenvalue weighted by Gasteiger charge is -2.31. The van der Waals surface area contributed by atoms with Gasteiger partial charge in [0.2, 0.25) is 0 Å². The van der Waals surface area contributed by atoms with Gasteiger partial charge in [-0.1, -0.05) is 35.3 Å². The van der Waals surface area contributed by atoms with E-state index in [-0.39, 0.29) is 40.1 Å². The number of methoxy groups -OCH3 is 1. The molecule has 0 spiro atoms. The molecule has 1 fully saturated rings. The molecule has 16 heteroatoms. The Bertz CT molecular complexity index is 1590. The zero-order valence-corrected chi connectivity index (χ0v) is 24.5. The zero-order valence-electron chi connectivity index (χ0n) is 23.0. The van der Waals surface area contributed by atoms with Gasteiger partial charge in [0.1, 0.15) is 5.75 Å². The molecule has 0 aromatic heterocycles. The number of halogens is 2. The van der Waals surface area contributed by atoms with Gasteiger partial charge in [-0.2, -0.15) is 0 Å². The molecule has 44 heavy (non-hydrogen) atoms. The monoisotopic (exact) mass is 644 g/mol. The highest BCUT2D eigenvalue weighted by Crippen LogP contribution is 2.27. The number of benzene rings is 3. The summed E-state index contributed by atoms with van der Waals surface area (Å²) in [5.41, 5.74) is 0.490. The summed E-state index contributed by atoms with van der Waals surface area (Å²) in [5, 5.41) is 29.1. The first-order valence-corrected chi connectivity index (χ1v) is 13.7. The minimum absolute atomic E-state index is 0.0602. The first-order valence-electron chi connectivity index (χ1n) is 13.0. The van der Waals surface area contributed by atoms with Crippen LogP contribution in [0.25, 0.3) is 0 Å². The van der Waals surface area contributed by atoms with Gasteiger partial charge in [0.05, 0.1) is 34.5 Å². The molecule has 14 nitrogen and oxygen atoms in total. The van der Waals surface area contributed by atoms with Gasteiger partial charge in [-0.3, -0.25) is 29.5 Å². The fraction of sp³-hybridized carbons (Fsp3) is 0.214. The number of carboxylic acid groups (broad SMARTS) is 1. The van der Waals surface area contributed by atoms with E-state index in [4.69, 9.17) is 27.9 Å². The van der Waals surface area contributed by atoms with Crippen molar-refractivity contribution < 1.29 is 33.9 Å². The van der Waals surface area contributed by atoms with E-state index in [9.17, 15) is 34.4 Å². The van der Waals surface area contributed by atoms with Crippen LogP contribution in [0.3, 0.4) is 0 Å². The first-order chi connectivity index (χ1) is 21.0. The third-order valence-corrected chi connectivity index (χ3v) is 7.36. The molecule has 230 valence electrons. The maximum absolute atomic E-state index is 13.8.